The molecule has 0 spiro atoms. The van der Waals surface area contributed by atoms with Crippen LogP contribution in [0.3, 0.4) is 0 Å². The second kappa shape index (κ2) is 5.76. The normalized spacial score (nSPS) is 25.1. The molecule has 2 N–H and O–H groups in total. The second-order valence-corrected chi connectivity index (χ2v) is 7.37. The molecule has 0 aromatic heterocycles. The minimum absolute atomic E-state index is 0.380. The number of rotatable bonds is 4. The average Bonchev–Trinajstić information content (AvgIpc) is 2.40. The van der Waals surface area contributed by atoms with E-state index in [0.29, 0.717) is 38.9 Å². The molecule has 0 radical (unpaired) electrons. The maximum absolute atomic E-state index is 12.3. The van der Waals surface area contributed by atoms with Crippen LogP contribution in [-0.4, -0.2) is 43.5 Å². The molecule has 0 unspecified atom stereocenters. The zero-order chi connectivity index (χ0) is 13.9. The van der Waals surface area contributed by atoms with Gasteiger partial charge in [0.1, 0.15) is 5.54 Å². The van der Waals surface area contributed by atoms with Gasteiger partial charge in [-0.15, -0.1) is 0 Å². The molecular weight excluding hydrogens is 270 g/mol. The van der Waals surface area contributed by atoms with Gasteiger partial charge in [0.25, 0.3) is 0 Å². The fraction of sp³-hybridized carbons (Fsp3) is 0.917. The van der Waals surface area contributed by atoms with Gasteiger partial charge in [0, 0.05) is 13.2 Å². The van der Waals surface area contributed by atoms with Crippen LogP contribution in [-0.2, 0) is 19.6 Å². The molecule has 7 heteroatoms. The summed E-state index contributed by atoms with van der Waals surface area (Å²) in [6, 6.07) is 0. The molecule has 0 amide bonds. The van der Waals surface area contributed by atoms with Crippen molar-refractivity contribution in [2.75, 3.05) is 13.2 Å². The van der Waals surface area contributed by atoms with Crippen LogP contribution < -0.4 is 4.72 Å². The Morgan fingerprint density at radius 2 is 1.74 bits per heavy atom. The lowest BCUT2D eigenvalue weighted by atomic mass is 9.83. The largest absolute Gasteiger partial charge is 0.480 e. The Morgan fingerprint density at radius 1 is 1.16 bits per heavy atom. The van der Waals surface area contributed by atoms with E-state index in [1.54, 1.807) is 0 Å². The first-order chi connectivity index (χ1) is 8.96. The molecule has 0 aromatic rings. The zero-order valence-corrected chi connectivity index (χ0v) is 11.7. The van der Waals surface area contributed by atoms with Crippen molar-refractivity contribution in [2.45, 2.75) is 55.7 Å². The highest BCUT2D eigenvalue weighted by molar-refractivity contribution is 7.90. The van der Waals surface area contributed by atoms with Crippen LogP contribution in [0.5, 0.6) is 0 Å². The molecule has 2 aliphatic rings. The Bertz CT molecular complexity index is 421. The first-order valence-corrected chi connectivity index (χ1v) is 8.35. The Kier molecular flexibility index (Phi) is 4.47. The lowest BCUT2D eigenvalue weighted by molar-refractivity contribution is -0.145. The summed E-state index contributed by atoms with van der Waals surface area (Å²) in [6.45, 7) is 0.845. The number of carboxylic acid groups (broad SMARTS) is 1. The number of carboxylic acids is 1. The van der Waals surface area contributed by atoms with E-state index in [2.05, 4.69) is 4.72 Å². The lowest BCUT2D eigenvalue weighted by Gasteiger charge is -2.35. The molecule has 0 atom stereocenters. The Balaban J connectivity index is 2.13. The summed E-state index contributed by atoms with van der Waals surface area (Å²) in [6.07, 6.45) is 4.10. The molecule has 1 saturated carbocycles. The smallest absolute Gasteiger partial charge is 0.324 e. The number of ether oxygens (including phenoxy) is 1. The van der Waals surface area contributed by atoms with Crippen LogP contribution in [0.4, 0.5) is 0 Å². The van der Waals surface area contributed by atoms with E-state index < -0.39 is 26.8 Å². The SMILES string of the molecule is O=C(O)C1(NS(=O)(=O)C2CCOCC2)CCCCC1. The van der Waals surface area contributed by atoms with Gasteiger partial charge in [-0.3, -0.25) is 4.79 Å². The van der Waals surface area contributed by atoms with Crippen molar-refractivity contribution in [3.63, 3.8) is 0 Å². The quantitative estimate of drug-likeness (QED) is 0.802. The summed E-state index contributed by atoms with van der Waals surface area (Å²) < 4.78 is 32.3. The fourth-order valence-corrected chi connectivity index (χ4v) is 4.67. The van der Waals surface area contributed by atoms with Crippen molar-refractivity contribution < 1.29 is 23.1 Å². The lowest BCUT2D eigenvalue weighted by Crippen LogP contribution is -2.57. The monoisotopic (exact) mass is 291 g/mol. The molecule has 0 bridgehead atoms. The number of hydrogen-bond donors (Lipinski definition) is 2. The minimum Gasteiger partial charge on any atom is -0.480 e. The topological polar surface area (TPSA) is 92.7 Å². The third-order valence-corrected chi connectivity index (χ3v) is 6.09. The summed E-state index contributed by atoms with van der Waals surface area (Å²) in [5.41, 5.74) is -1.30. The predicted octanol–water partition coefficient (Wildman–Crippen LogP) is 0.872. The summed E-state index contributed by atoms with van der Waals surface area (Å²) in [5, 5.41) is 8.87. The standard InChI is InChI=1S/C12H21NO5S/c14-11(15)12(6-2-1-3-7-12)13-19(16,17)10-4-8-18-9-5-10/h10,13H,1-9H2,(H,14,15). The third-order valence-electron chi connectivity index (χ3n) is 4.06. The number of nitrogens with one attached hydrogen (secondary N) is 1. The Morgan fingerprint density at radius 3 is 2.26 bits per heavy atom. The highest BCUT2D eigenvalue weighted by atomic mass is 32.2. The average molecular weight is 291 g/mol. The molecule has 2 fully saturated rings. The van der Waals surface area contributed by atoms with Crippen LogP contribution in [0.1, 0.15) is 44.9 Å². The highest BCUT2D eigenvalue weighted by Gasteiger charge is 2.44. The number of hydrogen-bond acceptors (Lipinski definition) is 4. The maximum Gasteiger partial charge on any atom is 0.324 e. The van der Waals surface area contributed by atoms with Crippen molar-refractivity contribution in [2.24, 2.45) is 0 Å². The van der Waals surface area contributed by atoms with Crippen LogP contribution in [0.25, 0.3) is 0 Å². The van der Waals surface area contributed by atoms with Crippen molar-refractivity contribution in [3.05, 3.63) is 0 Å². The van der Waals surface area contributed by atoms with E-state index in [1.807, 2.05) is 0 Å². The number of aliphatic carboxylic acids is 1. The first-order valence-electron chi connectivity index (χ1n) is 6.80. The van der Waals surface area contributed by atoms with Crippen LogP contribution in [0.15, 0.2) is 0 Å². The second-order valence-electron chi connectivity index (χ2n) is 5.41. The van der Waals surface area contributed by atoms with Gasteiger partial charge < -0.3 is 9.84 Å². The number of sulfonamides is 1. The van der Waals surface area contributed by atoms with E-state index in [-0.39, 0.29) is 0 Å². The molecular formula is C12H21NO5S. The third kappa shape index (κ3) is 3.27. The molecule has 1 aliphatic carbocycles. The zero-order valence-electron chi connectivity index (χ0n) is 10.9. The fourth-order valence-electron chi connectivity index (χ4n) is 2.86. The van der Waals surface area contributed by atoms with Gasteiger partial charge in [0.2, 0.25) is 10.0 Å². The highest BCUT2D eigenvalue weighted by Crippen LogP contribution is 2.30. The van der Waals surface area contributed by atoms with Gasteiger partial charge in [0.05, 0.1) is 5.25 Å². The molecule has 110 valence electrons. The van der Waals surface area contributed by atoms with Crippen molar-refractivity contribution >= 4 is 16.0 Å². The molecule has 19 heavy (non-hydrogen) atoms. The molecule has 1 aliphatic heterocycles. The molecule has 1 heterocycles. The van der Waals surface area contributed by atoms with Crippen LogP contribution in [0.2, 0.25) is 0 Å². The van der Waals surface area contributed by atoms with Crippen LogP contribution >= 0.6 is 0 Å². The van der Waals surface area contributed by atoms with Gasteiger partial charge >= 0.3 is 5.97 Å². The van der Waals surface area contributed by atoms with Crippen molar-refractivity contribution in [3.8, 4) is 0 Å². The van der Waals surface area contributed by atoms with E-state index in [0.717, 1.165) is 19.3 Å². The molecule has 6 nitrogen and oxygen atoms in total. The van der Waals surface area contributed by atoms with Crippen molar-refractivity contribution in [1.82, 2.24) is 4.72 Å². The first kappa shape index (κ1) is 14.7. The van der Waals surface area contributed by atoms with E-state index in [9.17, 15) is 18.3 Å². The van der Waals surface area contributed by atoms with Gasteiger partial charge in [0.15, 0.2) is 0 Å². The number of carbonyl (C=O) groups is 1. The molecule has 0 aromatic carbocycles. The van der Waals surface area contributed by atoms with E-state index in [4.69, 9.17) is 4.74 Å². The minimum atomic E-state index is -3.60. The Hall–Kier alpha value is -0.660. The summed E-state index contributed by atoms with van der Waals surface area (Å²) in [5.74, 6) is -1.05. The summed E-state index contributed by atoms with van der Waals surface area (Å²) in [4.78, 5) is 11.5. The Labute approximate surface area is 113 Å². The summed E-state index contributed by atoms with van der Waals surface area (Å²) in [7, 11) is -3.60. The van der Waals surface area contributed by atoms with E-state index >= 15 is 0 Å². The van der Waals surface area contributed by atoms with Crippen LogP contribution in [0, 0.1) is 0 Å². The van der Waals surface area contributed by atoms with E-state index in [1.165, 1.54) is 0 Å². The maximum atomic E-state index is 12.3. The van der Waals surface area contributed by atoms with Gasteiger partial charge in [-0.2, -0.15) is 4.72 Å². The molecule has 2 rings (SSSR count). The van der Waals surface area contributed by atoms with Crippen molar-refractivity contribution in [1.29, 1.82) is 0 Å². The predicted molar refractivity (Wildman–Crippen MR) is 69.3 cm³/mol. The van der Waals surface area contributed by atoms with Gasteiger partial charge in [-0.05, 0) is 25.7 Å². The van der Waals surface area contributed by atoms with Gasteiger partial charge in [-0.1, -0.05) is 19.3 Å². The van der Waals surface area contributed by atoms with Gasteiger partial charge in [-0.25, -0.2) is 8.42 Å². The summed E-state index contributed by atoms with van der Waals surface area (Å²) >= 11 is 0. The molecule has 1 saturated heterocycles.